The maximum absolute atomic E-state index is 13.5. The van der Waals surface area contributed by atoms with Gasteiger partial charge in [-0.1, -0.05) is 19.1 Å². The van der Waals surface area contributed by atoms with Crippen molar-refractivity contribution >= 4 is 51.2 Å². The van der Waals surface area contributed by atoms with Gasteiger partial charge in [-0.15, -0.1) is 11.8 Å². The summed E-state index contributed by atoms with van der Waals surface area (Å²) in [6.45, 7) is 3.94. The second kappa shape index (κ2) is 13.2. The third kappa shape index (κ3) is 6.80. The fourth-order valence-corrected chi connectivity index (χ4v) is 8.32. The monoisotopic (exact) mass is 687 g/mol. The summed E-state index contributed by atoms with van der Waals surface area (Å²) in [5, 5.41) is 29.1. The van der Waals surface area contributed by atoms with E-state index in [1.54, 1.807) is 19.2 Å². The number of aliphatic hydroxyl groups excluding tert-OH is 1. The van der Waals surface area contributed by atoms with E-state index in [0.29, 0.717) is 23.4 Å². The molecule has 0 spiro atoms. The highest BCUT2D eigenvalue weighted by Gasteiger charge is 2.60. The number of sulfonamides is 1. The SMILES string of the molecule is C[C@@H](O)[C@H]1C(=O)N2C(C(=O)OC(=O)c3ccc([N+](=O)[O-])cc3)=C(S[C@H]3C[C@@H](C(=O)NCc4ccc(S(N)(=O)=O)cc4)N(C)C3)[C@H](C)[C@H]12. The van der Waals surface area contributed by atoms with Gasteiger partial charge in [-0.25, -0.2) is 23.1 Å². The molecule has 0 radical (unpaired) electrons. The van der Waals surface area contributed by atoms with E-state index in [4.69, 9.17) is 9.88 Å². The summed E-state index contributed by atoms with van der Waals surface area (Å²) in [5.41, 5.74) is 0.243. The maximum Gasteiger partial charge on any atom is 0.363 e. The number of nitrogens with one attached hydrogen (secondary N) is 1. The molecular weight excluding hydrogens is 654 g/mol. The summed E-state index contributed by atoms with van der Waals surface area (Å²) < 4.78 is 28.1. The average molecular weight is 688 g/mol. The Bertz CT molecular complexity index is 1760. The van der Waals surface area contributed by atoms with Gasteiger partial charge in [0.15, 0.2) is 0 Å². The largest absolute Gasteiger partial charge is 0.393 e. The Kier molecular flexibility index (Phi) is 9.57. The molecule has 15 nitrogen and oxygen atoms in total. The zero-order chi connectivity index (χ0) is 34.4. The molecule has 6 atom stereocenters. The molecule has 0 saturated carbocycles. The Labute approximate surface area is 274 Å². The summed E-state index contributed by atoms with van der Waals surface area (Å²) in [7, 11) is -2.05. The number of non-ortho nitro benzene ring substituents is 1. The summed E-state index contributed by atoms with van der Waals surface area (Å²) in [6.07, 6.45) is -0.577. The van der Waals surface area contributed by atoms with Crippen LogP contribution in [0.5, 0.6) is 0 Å². The van der Waals surface area contributed by atoms with E-state index in [2.05, 4.69) is 5.32 Å². The van der Waals surface area contributed by atoms with Crippen molar-refractivity contribution in [2.45, 2.75) is 55.1 Å². The molecule has 4 N–H and O–H groups in total. The number of β-lactam (4-membered cyclic amide) rings is 1. The normalized spacial score (nSPS) is 24.8. The highest BCUT2D eigenvalue weighted by molar-refractivity contribution is 8.03. The quantitative estimate of drug-likeness (QED) is 0.105. The minimum atomic E-state index is -3.84. The lowest BCUT2D eigenvalue weighted by atomic mass is 9.79. The summed E-state index contributed by atoms with van der Waals surface area (Å²) in [4.78, 5) is 66.5. The number of rotatable bonds is 10. The number of fused-ring (bicyclic) bond motifs is 1. The van der Waals surface area contributed by atoms with Crippen molar-refractivity contribution in [3.05, 3.63) is 80.4 Å². The van der Waals surface area contributed by atoms with Gasteiger partial charge in [0.25, 0.3) is 5.69 Å². The molecule has 3 heterocycles. The Morgan fingerprint density at radius 1 is 1.15 bits per heavy atom. The van der Waals surface area contributed by atoms with E-state index in [0.717, 1.165) is 24.3 Å². The minimum Gasteiger partial charge on any atom is -0.393 e. The predicted molar refractivity (Wildman–Crippen MR) is 168 cm³/mol. The van der Waals surface area contributed by atoms with Crippen LogP contribution in [0.4, 0.5) is 5.69 Å². The van der Waals surface area contributed by atoms with E-state index in [1.165, 1.54) is 35.7 Å². The van der Waals surface area contributed by atoms with Gasteiger partial charge in [-0.3, -0.25) is 24.6 Å². The molecular formula is C30H33N5O10S2. The molecule has 0 aromatic heterocycles. The Balaban J connectivity index is 1.30. The number of carbonyl (C=O) groups excluding carboxylic acids is 4. The van der Waals surface area contributed by atoms with Gasteiger partial charge in [-0.05, 0) is 50.2 Å². The Hall–Kier alpha value is -4.16. The lowest BCUT2D eigenvalue weighted by Gasteiger charge is -2.46. The summed E-state index contributed by atoms with van der Waals surface area (Å²) in [6, 6.07) is 9.33. The number of hydrogen-bond donors (Lipinski definition) is 3. The summed E-state index contributed by atoms with van der Waals surface area (Å²) in [5.74, 6) is -3.96. The molecule has 5 rings (SSSR count). The number of nitro groups is 1. The molecule has 2 aromatic rings. The molecule has 2 aromatic carbocycles. The van der Waals surface area contributed by atoms with Crippen LogP contribution in [0.3, 0.4) is 0 Å². The molecule has 17 heteroatoms. The predicted octanol–water partition coefficient (Wildman–Crippen LogP) is 1.12. The number of nitrogens with two attached hydrogens (primary N) is 1. The number of thioether (sulfide) groups is 1. The third-order valence-electron chi connectivity index (χ3n) is 8.63. The minimum absolute atomic E-state index is 0.0383. The van der Waals surface area contributed by atoms with Crippen molar-refractivity contribution < 1.29 is 42.4 Å². The molecule has 0 aliphatic carbocycles. The number of likely N-dealkylation sites (N-methyl/N-ethyl adjacent to an activating group) is 1. The number of aliphatic hydroxyl groups is 1. The van der Waals surface area contributed by atoms with E-state index in [-0.39, 0.29) is 45.5 Å². The number of carbonyl (C=O) groups is 4. The summed E-state index contributed by atoms with van der Waals surface area (Å²) >= 11 is 1.32. The number of ether oxygens (including phenoxy) is 1. The van der Waals surface area contributed by atoms with Gasteiger partial charge in [0.1, 0.15) is 5.70 Å². The van der Waals surface area contributed by atoms with E-state index >= 15 is 0 Å². The number of primary sulfonamides is 1. The number of benzene rings is 2. The molecule has 2 amide bonds. The average Bonchev–Trinajstić information content (AvgIpc) is 3.49. The van der Waals surface area contributed by atoms with Gasteiger partial charge >= 0.3 is 11.9 Å². The van der Waals surface area contributed by atoms with Crippen LogP contribution in [0, 0.1) is 22.0 Å². The first-order chi connectivity index (χ1) is 22.1. The molecule has 47 heavy (non-hydrogen) atoms. The highest BCUT2D eigenvalue weighted by Crippen LogP contribution is 2.52. The van der Waals surface area contributed by atoms with Crippen LogP contribution in [-0.4, -0.2) is 89.0 Å². The van der Waals surface area contributed by atoms with Gasteiger partial charge < -0.3 is 20.1 Å². The van der Waals surface area contributed by atoms with E-state index < -0.39 is 56.9 Å². The third-order valence-corrected chi connectivity index (χ3v) is 11.0. The van der Waals surface area contributed by atoms with Crippen LogP contribution in [0.1, 0.15) is 36.2 Å². The van der Waals surface area contributed by atoms with Crippen molar-refractivity contribution in [2.24, 2.45) is 17.0 Å². The number of hydrogen-bond acceptors (Lipinski definition) is 12. The van der Waals surface area contributed by atoms with Crippen molar-refractivity contribution in [3.63, 3.8) is 0 Å². The number of esters is 2. The molecule has 3 aliphatic heterocycles. The standard InChI is InChI=1S/C30H33N5O10S2/c1-15-24-23(16(2)36)28(38)34(24)25(30(40)45-29(39)18-6-8-19(9-7-18)35(41)42)26(15)46-20-12-22(33(3)14-20)27(37)32-13-17-4-10-21(11-5-17)47(31,43)44/h4-11,15-16,20,22-24,36H,12-14H2,1-3H3,(H,32,37)(H2,31,43,44)/t15-,16-,20+,22+,23-,24-/m1/s1. The van der Waals surface area contributed by atoms with Gasteiger partial charge in [0, 0.05) is 41.3 Å². The van der Waals surface area contributed by atoms with Crippen LogP contribution in [0.2, 0.25) is 0 Å². The highest BCUT2D eigenvalue weighted by atomic mass is 32.2. The second-order valence-electron chi connectivity index (χ2n) is 11.8. The van der Waals surface area contributed by atoms with Crippen LogP contribution >= 0.6 is 11.8 Å². The fraction of sp³-hybridized carbons (Fsp3) is 0.400. The first kappa shape index (κ1) is 34.2. The van der Waals surface area contributed by atoms with Crippen molar-refractivity contribution in [1.29, 1.82) is 0 Å². The zero-order valence-electron chi connectivity index (χ0n) is 25.6. The number of nitrogens with zero attached hydrogens (tertiary/aromatic N) is 3. The lowest BCUT2D eigenvalue weighted by molar-refractivity contribution is -0.384. The van der Waals surface area contributed by atoms with Crippen LogP contribution in [-0.2, 0) is 35.7 Å². The number of likely N-dealkylation sites (tertiary alicyclic amines) is 1. The Morgan fingerprint density at radius 3 is 2.36 bits per heavy atom. The Morgan fingerprint density at radius 2 is 1.79 bits per heavy atom. The van der Waals surface area contributed by atoms with Crippen LogP contribution in [0.25, 0.3) is 0 Å². The molecule has 2 fully saturated rings. The first-order valence-electron chi connectivity index (χ1n) is 14.6. The fourth-order valence-electron chi connectivity index (χ4n) is 6.21. The second-order valence-corrected chi connectivity index (χ2v) is 14.7. The molecule has 250 valence electrons. The van der Waals surface area contributed by atoms with Crippen molar-refractivity contribution in [3.8, 4) is 0 Å². The van der Waals surface area contributed by atoms with Gasteiger partial charge in [-0.2, -0.15) is 0 Å². The van der Waals surface area contributed by atoms with Crippen molar-refractivity contribution in [1.82, 2.24) is 15.1 Å². The maximum atomic E-state index is 13.5. The van der Waals surface area contributed by atoms with Crippen LogP contribution < -0.4 is 10.5 Å². The van der Waals surface area contributed by atoms with E-state index in [9.17, 15) is 42.8 Å². The zero-order valence-corrected chi connectivity index (χ0v) is 27.2. The van der Waals surface area contributed by atoms with E-state index in [1.807, 2.05) is 11.8 Å². The molecule has 0 bridgehead atoms. The number of nitro benzene ring substituents is 1. The van der Waals surface area contributed by atoms with Crippen LogP contribution in [0.15, 0.2) is 64.0 Å². The van der Waals surface area contributed by atoms with Crippen molar-refractivity contribution in [2.75, 3.05) is 13.6 Å². The smallest absolute Gasteiger partial charge is 0.363 e. The molecule has 0 unspecified atom stereocenters. The first-order valence-corrected chi connectivity index (χ1v) is 17.0. The molecule has 2 saturated heterocycles. The number of amides is 2. The lowest BCUT2D eigenvalue weighted by Crippen LogP contribution is -2.63. The van der Waals surface area contributed by atoms with Gasteiger partial charge in [0.05, 0.1) is 39.5 Å². The van der Waals surface area contributed by atoms with Gasteiger partial charge in [0.2, 0.25) is 21.8 Å². The molecule has 3 aliphatic rings. The topological polar surface area (TPSA) is 220 Å².